The Balaban J connectivity index is 1.34. The maximum atomic E-state index is 12.4. The molecule has 0 unspecified atom stereocenters. The molecule has 0 spiro atoms. The van der Waals surface area contributed by atoms with Gasteiger partial charge in [0.25, 0.3) is 0 Å². The maximum Gasteiger partial charge on any atom is 0.240 e. The molecule has 0 saturated carbocycles. The molecule has 0 aromatic heterocycles. The van der Waals surface area contributed by atoms with E-state index in [9.17, 15) is 9.59 Å². The summed E-state index contributed by atoms with van der Waals surface area (Å²) in [5.41, 5.74) is 1.68. The maximum absolute atomic E-state index is 12.4. The molecule has 140 valence electrons. The highest BCUT2D eigenvalue weighted by atomic mass is 16.7. The summed E-state index contributed by atoms with van der Waals surface area (Å²) < 4.78 is 16.2. The molecule has 7 nitrogen and oxygen atoms in total. The molecule has 2 aliphatic heterocycles. The van der Waals surface area contributed by atoms with Gasteiger partial charge in [-0.3, -0.25) is 14.5 Å². The van der Waals surface area contributed by atoms with Crippen LogP contribution in [0.15, 0.2) is 42.5 Å². The number of benzene rings is 2. The number of fused-ring (bicyclic) bond motifs is 2. The second kappa shape index (κ2) is 7.57. The van der Waals surface area contributed by atoms with Crippen LogP contribution in [0.1, 0.15) is 12.0 Å². The van der Waals surface area contributed by atoms with Gasteiger partial charge < -0.3 is 19.5 Å². The molecule has 27 heavy (non-hydrogen) atoms. The summed E-state index contributed by atoms with van der Waals surface area (Å²) >= 11 is 0. The van der Waals surface area contributed by atoms with Gasteiger partial charge in [-0.05, 0) is 36.2 Å². The Hall–Kier alpha value is -3.22. The van der Waals surface area contributed by atoms with Crippen molar-refractivity contribution in [3.63, 3.8) is 0 Å². The number of nitrogens with one attached hydrogen (secondary N) is 1. The first-order valence-corrected chi connectivity index (χ1v) is 8.88. The summed E-state index contributed by atoms with van der Waals surface area (Å²) in [5.74, 6) is 1.76. The van der Waals surface area contributed by atoms with Gasteiger partial charge in [-0.1, -0.05) is 18.2 Å². The second-order valence-corrected chi connectivity index (χ2v) is 6.33. The summed E-state index contributed by atoms with van der Waals surface area (Å²) in [6.07, 6.45) is 0.912. The zero-order valence-electron chi connectivity index (χ0n) is 14.8. The fourth-order valence-corrected chi connectivity index (χ4v) is 3.14. The van der Waals surface area contributed by atoms with Crippen LogP contribution in [0.5, 0.6) is 17.2 Å². The van der Waals surface area contributed by atoms with Crippen LogP contribution in [0.4, 0.5) is 5.69 Å². The van der Waals surface area contributed by atoms with E-state index in [4.69, 9.17) is 14.2 Å². The summed E-state index contributed by atoms with van der Waals surface area (Å²) in [4.78, 5) is 26.2. The molecular formula is C20H20N2O5. The highest BCUT2D eigenvalue weighted by molar-refractivity contribution is 6.00. The van der Waals surface area contributed by atoms with Crippen molar-refractivity contribution in [2.45, 2.75) is 12.8 Å². The summed E-state index contributed by atoms with van der Waals surface area (Å²) in [7, 11) is 0. The minimum Gasteiger partial charge on any atom is -0.491 e. The topological polar surface area (TPSA) is 77.1 Å². The molecule has 4 rings (SSSR count). The largest absolute Gasteiger partial charge is 0.491 e. The quantitative estimate of drug-likeness (QED) is 0.872. The predicted octanol–water partition coefficient (Wildman–Crippen LogP) is 1.89. The van der Waals surface area contributed by atoms with Gasteiger partial charge in [0.2, 0.25) is 18.6 Å². The van der Waals surface area contributed by atoms with E-state index in [0.717, 1.165) is 17.1 Å². The molecule has 0 saturated heterocycles. The molecular weight excluding hydrogens is 348 g/mol. The molecule has 1 N–H and O–H groups in total. The monoisotopic (exact) mass is 368 g/mol. The van der Waals surface area contributed by atoms with Crippen molar-refractivity contribution in [2.24, 2.45) is 0 Å². The van der Waals surface area contributed by atoms with Gasteiger partial charge in [0.1, 0.15) is 12.3 Å². The zero-order chi connectivity index (χ0) is 18.6. The summed E-state index contributed by atoms with van der Waals surface area (Å²) in [6, 6.07) is 13.0. The Morgan fingerprint density at radius 3 is 2.81 bits per heavy atom. The third-order valence-corrected chi connectivity index (χ3v) is 4.51. The zero-order valence-corrected chi connectivity index (χ0v) is 14.8. The number of rotatable bonds is 5. The van der Waals surface area contributed by atoms with Crippen molar-refractivity contribution in [2.75, 3.05) is 31.4 Å². The molecule has 2 aliphatic rings. The first-order chi connectivity index (χ1) is 13.2. The van der Waals surface area contributed by atoms with E-state index in [0.29, 0.717) is 31.0 Å². The Kier molecular flexibility index (Phi) is 4.82. The van der Waals surface area contributed by atoms with Crippen molar-refractivity contribution in [1.29, 1.82) is 0 Å². The van der Waals surface area contributed by atoms with Crippen LogP contribution in [0.3, 0.4) is 0 Å². The molecule has 0 fully saturated rings. The first-order valence-electron chi connectivity index (χ1n) is 8.88. The molecule has 2 amide bonds. The number of para-hydroxylation sites is 2. The first kappa shape index (κ1) is 17.2. The molecule has 2 aromatic rings. The highest BCUT2D eigenvalue weighted by Crippen LogP contribution is 2.32. The molecule has 0 bridgehead atoms. The normalized spacial score (nSPS) is 15.0. The van der Waals surface area contributed by atoms with Crippen molar-refractivity contribution >= 4 is 17.5 Å². The number of nitrogens with zero attached hydrogens (tertiary/aromatic N) is 1. The van der Waals surface area contributed by atoms with Crippen LogP contribution in [0, 0.1) is 0 Å². The Labute approximate surface area is 156 Å². The SMILES string of the molecule is O=C(CN1C(=O)CCOc2ccccc21)NCCc1ccc2c(c1)OCO2. The third kappa shape index (κ3) is 3.81. The predicted molar refractivity (Wildman–Crippen MR) is 98.2 cm³/mol. The lowest BCUT2D eigenvalue weighted by molar-refractivity contribution is -0.123. The van der Waals surface area contributed by atoms with E-state index in [-0.39, 0.29) is 31.6 Å². The number of anilines is 1. The van der Waals surface area contributed by atoms with Crippen LogP contribution in [0.2, 0.25) is 0 Å². The van der Waals surface area contributed by atoms with Crippen LogP contribution in [0.25, 0.3) is 0 Å². The lowest BCUT2D eigenvalue weighted by Gasteiger charge is -2.21. The summed E-state index contributed by atoms with van der Waals surface area (Å²) in [6.45, 7) is 1.00. The van der Waals surface area contributed by atoms with Crippen molar-refractivity contribution < 1.29 is 23.8 Å². The highest BCUT2D eigenvalue weighted by Gasteiger charge is 2.24. The van der Waals surface area contributed by atoms with Gasteiger partial charge in [-0.25, -0.2) is 0 Å². The Morgan fingerprint density at radius 1 is 1.04 bits per heavy atom. The fourth-order valence-electron chi connectivity index (χ4n) is 3.14. The standard InChI is InChI=1S/C20H20N2O5/c23-19(21-9-7-14-5-6-17-18(11-14)27-13-26-17)12-22-15-3-1-2-4-16(15)25-10-8-20(22)24/h1-6,11H,7-10,12-13H2,(H,21,23). The molecule has 7 heteroatoms. The van der Waals surface area contributed by atoms with Crippen molar-refractivity contribution in [3.05, 3.63) is 48.0 Å². The minimum absolute atomic E-state index is 0.0274. The molecule has 2 heterocycles. The van der Waals surface area contributed by atoms with E-state index in [1.54, 1.807) is 12.1 Å². The van der Waals surface area contributed by atoms with E-state index >= 15 is 0 Å². The van der Waals surface area contributed by atoms with Gasteiger partial charge in [0, 0.05) is 6.54 Å². The van der Waals surface area contributed by atoms with E-state index in [2.05, 4.69) is 5.32 Å². The van der Waals surface area contributed by atoms with Gasteiger partial charge in [0.05, 0.1) is 18.7 Å². The van der Waals surface area contributed by atoms with Gasteiger partial charge >= 0.3 is 0 Å². The van der Waals surface area contributed by atoms with E-state index < -0.39 is 0 Å². The lowest BCUT2D eigenvalue weighted by Crippen LogP contribution is -2.41. The second-order valence-electron chi connectivity index (χ2n) is 6.33. The van der Waals surface area contributed by atoms with Crippen molar-refractivity contribution in [3.8, 4) is 17.2 Å². The van der Waals surface area contributed by atoms with Crippen molar-refractivity contribution in [1.82, 2.24) is 5.32 Å². The number of carbonyl (C=O) groups is 2. The van der Waals surface area contributed by atoms with Crippen LogP contribution in [-0.4, -0.2) is 38.3 Å². The van der Waals surface area contributed by atoms with E-state index in [1.807, 2.05) is 30.3 Å². The van der Waals surface area contributed by atoms with Gasteiger partial charge in [-0.2, -0.15) is 0 Å². The Bertz CT molecular complexity index is 867. The smallest absolute Gasteiger partial charge is 0.240 e. The molecule has 0 atom stereocenters. The minimum atomic E-state index is -0.208. The number of carbonyl (C=O) groups excluding carboxylic acids is 2. The van der Waals surface area contributed by atoms with Gasteiger partial charge in [-0.15, -0.1) is 0 Å². The van der Waals surface area contributed by atoms with E-state index in [1.165, 1.54) is 4.90 Å². The Morgan fingerprint density at radius 2 is 1.89 bits per heavy atom. The van der Waals surface area contributed by atoms with Gasteiger partial charge in [0.15, 0.2) is 11.5 Å². The number of amides is 2. The average molecular weight is 368 g/mol. The van der Waals surface area contributed by atoms with Crippen LogP contribution < -0.4 is 24.4 Å². The number of hydrogen-bond donors (Lipinski definition) is 1. The fraction of sp³-hybridized carbons (Fsp3) is 0.300. The van der Waals surface area contributed by atoms with Crippen LogP contribution >= 0.6 is 0 Å². The third-order valence-electron chi connectivity index (χ3n) is 4.51. The molecule has 0 radical (unpaired) electrons. The summed E-state index contributed by atoms with van der Waals surface area (Å²) in [5, 5.41) is 2.87. The lowest BCUT2D eigenvalue weighted by atomic mass is 10.1. The average Bonchev–Trinajstić information content (AvgIpc) is 3.08. The number of ether oxygens (including phenoxy) is 3. The molecule has 2 aromatic carbocycles. The van der Waals surface area contributed by atoms with Crippen LogP contribution in [-0.2, 0) is 16.0 Å². The number of hydrogen-bond acceptors (Lipinski definition) is 5. The molecule has 0 aliphatic carbocycles.